The Labute approximate surface area is 163 Å². The molecular formula is C19H33N3O4S. The second-order valence-corrected chi connectivity index (χ2v) is 8.45. The third-order valence-corrected chi connectivity index (χ3v) is 4.78. The average molecular weight is 400 g/mol. The highest BCUT2D eigenvalue weighted by atomic mass is 32.2. The predicted octanol–water partition coefficient (Wildman–Crippen LogP) is 2.02. The Morgan fingerprint density at radius 1 is 1.15 bits per heavy atom. The lowest BCUT2D eigenvalue weighted by Gasteiger charge is -2.12. The van der Waals surface area contributed by atoms with E-state index >= 15 is 0 Å². The van der Waals surface area contributed by atoms with Crippen LogP contribution in [0, 0.1) is 0 Å². The van der Waals surface area contributed by atoms with Crippen molar-refractivity contribution in [3.63, 3.8) is 0 Å². The zero-order valence-corrected chi connectivity index (χ0v) is 17.7. The van der Waals surface area contributed by atoms with Gasteiger partial charge in [-0.15, -0.1) is 0 Å². The molecule has 0 heterocycles. The molecule has 0 radical (unpaired) electrons. The van der Waals surface area contributed by atoms with E-state index in [-0.39, 0.29) is 5.75 Å². The highest BCUT2D eigenvalue weighted by Crippen LogP contribution is 2.28. The molecule has 0 aliphatic rings. The first-order valence-corrected chi connectivity index (χ1v) is 11.4. The molecule has 2 N–H and O–H groups in total. The molecule has 1 rings (SSSR count). The maximum absolute atomic E-state index is 11.2. The maximum Gasteiger partial charge on any atom is 0.191 e. The number of methoxy groups -OCH3 is 1. The second kappa shape index (κ2) is 12.4. The molecule has 8 heteroatoms. The molecular weight excluding hydrogens is 366 g/mol. The molecule has 0 fully saturated rings. The van der Waals surface area contributed by atoms with Crippen molar-refractivity contribution in [2.75, 3.05) is 45.4 Å². The van der Waals surface area contributed by atoms with Crippen molar-refractivity contribution >= 4 is 15.8 Å². The summed E-state index contributed by atoms with van der Waals surface area (Å²) in [5.41, 5.74) is 1.18. The van der Waals surface area contributed by atoms with Crippen LogP contribution in [0.5, 0.6) is 11.5 Å². The number of benzene rings is 1. The fourth-order valence-corrected chi connectivity index (χ4v) is 3.17. The summed E-state index contributed by atoms with van der Waals surface area (Å²) in [6.07, 6.45) is 3.61. The van der Waals surface area contributed by atoms with Gasteiger partial charge in [0.2, 0.25) is 0 Å². The molecule has 0 saturated heterocycles. The minimum absolute atomic E-state index is 0.180. The summed E-state index contributed by atoms with van der Waals surface area (Å²) in [5.74, 6) is 2.41. The van der Waals surface area contributed by atoms with E-state index in [9.17, 15) is 8.42 Å². The Morgan fingerprint density at radius 3 is 2.56 bits per heavy atom. The van der Waals surface area contributed by atoms with Crippen molar-refractivity contribution in [2.45, 2.75) is 33.1 Å². The molecule has 0 unspecified atom stereocenters. The van der Waals surface area contributed by atoms with E-state index in [4.69, 9.17) is 9.47 Å². The van der Waals surface area contributed by atoms with Crippen molar-refractivity contribution in [1.82, 2.24) is 10.6 Å². The molecule has 0 aliphatic heterocycles. The van der Waals surface area contributed by atoms with Crippen LogP contribution in [0.2, 0.25) is 0 Å². The van der Waals surface area contributed by atoms with E-state index in [1.165, 1.54) is 11.8 Å². The van der Waals surface area contributed by atoms with E-state index in [0.29, 0.717) is 26.1 Å². The molecule has 7 nitrogen and oxygen atoms in total. The van der Waals surface area contributed by atoms with Gasteiger partial charge in [-0.1, -0.05) is 6.07 Å². The molecule has 0 bridgehead atoms. The second-order valence-electron chi connectivity index (χ2n) is 6.19. The van der Waals surface area contributed by atoms with Gasteiger partial charge < -0.3 is 20.1 Å². The van der Waals surface area contributed by atoms with Gasteiger partial charge in [0.05, 0.1) is 19.5 Å². The first kappa shape index (κ1) is 23.1. The minimum Gasteiger partial charge on any atom is -0.493 e. The van der Waals surface area contributed by atoms with Crippen LogP contribution in [0.15, 0.2) is 23.2 Å². The normalized spacial score (nSPS) is 11.9. The Balaban J connectivity index is 2.48. The molecule has 154 valence electrons. The van der Waals surface area contributed by atoms with Crippen LogP contribution in [0.25, 0.3) is 0 Å². The number of sulfone groups is 1. The molecule has 0 amide bonds. The first-order chi connectivity index (χ1) is 12.9. The quantitative estimate of drug-likeness (QED) is 0.318. The van der Waals surface area contributed by atoms with E-state index in [2.05, 4.69) is 15.6 Å². The van der Waals surface area contributed by atoms with Gasteiger partial charge in [-0.2, -0.15) is 0 Å². The smallest absolute Gasteiger partial charge is 0.191 e. The Bertz CT molecular complexity index is 690. The summed E-state index contributed by atoms with van der Waals surface area (Å²) in [5, 5.41) is 6.34. The number of hydrogen-bond acceptors (Lipinski definition) is 5. The fraction of sp³-hybridized carbons (Fsp3) is 0.632. The van der Waals surface area contributed by atoms with Crippen molar-refractivity contribution in [1.29, 1.82) is 0 Å². The van der Waals surface area contributed by atoms with Crippen LogP contribution in [-0.2, 0) is 16.3 Å². The molecule has 0 saturated carbocycles. The zero-order chi connectivity index (χ0) is 20.1. The van der Waals surface area contributed by atoms with E-state index in [0.717, 1.165) is 36.8 Å². The van der Waals surface area contributed by atoms with Crippen LogP contribution in [-0.4, -0.2) is 59.7 Å². The summed E-state index contributed by atoms with van der Waals surface area (Å²) >= 11 is 0. The molecule has 1 aromatic carbocycles. The van der Waals surface area contributed by atoms with E-state index in [1.807, 2.05) is 32.0 Å². The largest absolute Gasteiger partial charge is 0.493 e. The molecule has 0 aliphatic carbocycles. The Morgan fingerprint density at radius 2 is 1.93 bits per heavy atom. The Hall–Kier alpha value is -1.96. The van der Waals surface area contributed by atoms with Crippen LogP contribution >= 0.6 is 0 Å². The van der Waals surface area contributed by atoms with Crippen molar-refractivity contribution < 1.29 is 17.9 Å². The summed E-state index contributed by atoms with van der Waals surface area (Å²) in [6, 6.07) is 5.98. The van der Waals surface area contributed by atoms with Crippen LogP contribution in [0.1, 0.15) is 32.3 Å². The number of aryl methyl sites for hydroxylation is 1. The molecule has 27 heavy (non-hydrogen) atoms. The van der Waals surface area contributed by atoms with E-state index in [1.54, 1.807) is 7.11 Å². The van der Waals surface area contributed by atoms with Gasteiger partial charge in [-0.25, -0.2) is 8.42 Å². The third kappa shape index (κ3) is 10.1. The number of nitrogens with zero attached hydrogens (tertiary/aromatic N) is 1. The lowest BCUT2D eigenvalue weighted by atomic mass is 10.1. The number of guanidine groups is 1. The number of nitrogens with one attached hydrogen (secondary N) is 2. The fourth-order valence-electron chi connectivity index (χ4n) is 2.50. The number of hydrogen-bond donors (Lipinski definition) is 2. The Kier molecular flexibility index (Phi) is 10.6. The van der Waals surface area contributed by atoms with Crippen LogP contribution in [0.4, 0.5) is 0 Å². The summed E-state index contributed by atoms with van der Waals surface area (Å²) in [6.45, 7) is 6.56. The average Bonchev–Trinajstić information content (AvgIpc) is 2.62. The van der Waals surface area contributed by atoms with Gasteiger partial charge in [0, 0.05) is 25.9 Å². The van der Waals surface area contributed by atoms with Gasteiger partial charge in [-0.3, -0.25) is 4.99 Å². The van der Waals surface area contributed by atoms with Gasteiger partial charge in [0.1, 0.15) is 9.84 Å². The SMILES string of the molecule is CCNC(=NCCCc1ccc(OC)c(OCC)c1)NCCCS(C)(=O)=O. The number of aliphatic imine (C=N–C) groups is 1. The topological polar surface area (TPSA) is 89.0 Å². The van der Waals surface area contributed by atoms with Crippen molar-refractivity contribution in [3.8, 4) is 11.5 Å². The van der Waals surface area contributed by atoms with Crippen molar-refractivity contribution in [2.24, 2.45) is 4.99 Å². The first-order valence-electron chi connectivity index (χ1n) is 9.39. The minimum atomic E-state index is -2.92. The highest BCUT2D eigenvalue weighted by Gasteiger charge is 2.06. The van der Waals surface area contributed by atoms with Crippen LogP contribution in [0.3, 0.4) is 0 Å². The highest BCUT2D eigenvalue weighted by molar-refractivity contribution is 7.90. The van der Waals surface area contributed by atoms with Gasteiger partial charge >= 0.3 is 0 Å². The van der Waals surface area contributed by atoms with E-state index < -0.39 is 9.84 Å². The van der Waals surface area contributed by atoms with Gasteiger partial charge in [0.25, 0.3) is 0 Å². The van der Waals surface area contributed by atoms with Gasteiger partial charge in [-0.05, 0) is 50.8 Å². The number of rotatable bonds is 12. The lowest BCUT2D eigenvalue weighted by molar-refractivity contribution is 0.310. The molecule has 1 aromatic rings. The standard InChI is InChI=1S/C19H33N3O4S/c1-5-20-19(22-13-8-14-27(4,23)24)21-12-7-9-16-10-11-17(25-3)18(15-16)26-6-2/h10-11,15H,5-9,12-14H2,1-4H3,(H2,20,21,22). The lowest BCUT2D eigenvalue weighted by Crippen LogP contribution is -2.38. The number of ether oxygens (including phenoxy) is 2. The van der Waals surface area contributed by atoms with Crippen LogP contribution < -0.4 is 20.1 Å². The zero-order valence-electron chi connectivity index (χ0n) is 16.9. The summed E-state index contributed by atoms with van der Waals surface area (Å²) in [7, 11) is -1.28. The van der Waals surface area contributed by atoms with Crippen molar-refractivity contribution in [3.05, 3.63) is 23.8 Å². The molecule has 0 aromatic heterocycles. The molecule has 0 atom stereocenters. The maximum atomic E-state index is 11.2. The third-order valence-electron chi connectivity index (χ3n) is 3.75. The van der Waals surface area contributed by atoms with Gasteiger partial charge in [0.15, 0.2) is 17.5 Å². The monoisotopic (exact) mass is 399 g/mol. The summed E-state index contributed by atoms with van der Waals surface area (Å²) in [4.78, 5) is 4.54. The predicted molar refractivity (Wildman–Crippen MR) is 111 cm³/mol. The summed E-state index contributed by atoms with van der Waals surface area (Å²) < 4.78 is 33.2. The molecule has 0 spiro atoms.